The maximum absolute atomic E-state index is 12.3. The molecule has 0 unspecified atom stereocenters. The van der Waals surface area contributed by atoms with Gasteiger partial charge in [0.15, 0.2) is 0 Å². The Morgan fingerprint density at radius 3 is 2.09 bits per heavy atom. The van der Waals surface area contributed by atoms with Crippen LogP contribution in [0.1, 0.15) is 53.9 Å². The number of hydrogen-bond acceptors (Lipinski definition) is 4. The highest BCUT2D eigenvalue weighted by molar-refractivity contribution is 5.88. The number of hydrogen-bond donors (Lipinski definition) is 0. The molecule has 0 N–H and O–H groups in total. The van der Waals surface area contributed by atoms with Gasteiger partial charge in [0.2, 0.25) is 5.91 Å². The molecule has 0 bridgehead atoms. The SMILES string of the molecule is CCOC(=O)CCN(CCCCN(CC)CC)C(=O)C=C(C)C. The van der Waals surface area contributed by atoms with E-state index in [1.807, 2.05) is 13.8 Å². The standard InChI is InChI=1S/C18H34N2O3/c1-6-19(7-2)12-9-10-13-20(17(21)15-16(4)5)14-11-18(22)23-8-3/h15H,6-14H2,1-5H3. The predicted molar refractivity (Wildman–Crippen MR) is 94.3 cm³/mol. The zero-order valence-corrected chi connectivity index (χ0v) is 15.6. The topological polar surface area (TPSA) is 49.9 Å². The molecule has 0 aromatic rings. The van der Waals surface area contributed by atoms with Crippen molar-refractivity contribution in [3.8, 4) is 0 Å². The largest absolute Gasteiger partial charge is 0.466 e. The second-order valence-electron chi connectivity index (χ2n) is 5.84. The van der Waals surface area contributed by atoms with Crippen molar-refractivity contribution in [2.45, 2.75) is 53.9 Å². The summed E-state index contributed by atoms with van der Waals surface area (Å²) in [5, 5.41) is 0. The van der Waals surface area contributed by atoms with Gasteiger partial charge in [0, 0.05) is 19.2 Å². The normalized spacial score (nSPS) is 10.5. The Hall–Kier alpha value is -1.36. The van der Waals surface area contributed by atoms with E-state index in [0.29, 0.717) is 19.7 Å². The molecule has 0 aliphatic heterocycles. The number of nitrogens with zero attached hydrogens (tertiary/aromatic N) is 2. The van der Waals surface area contributed by atoms with Gasteiger partial charge in [-0.2, -0.15) is 0 Å². The molecule has 0 aromatic heterocycles. The minimum absolute atomic E-state index is 0.0165. The van der Waals surface area contributed by atoms with Crippen LogP contribution in [0.25, 0.3) is 0 Å². The Balaban J connectivity index is 4.40. The number of amides is 1. The molecule has 0 saturated carbocycles. The second-order valence-corrected chi connectivity index (χ2v) is 5.84. The monoisotopic (exact) mass is 326 g/mol. The quantitative estimate of drug-likeness (QED) is 0.314. The maximum Gasteiger partial charge on any atom is 0.307 e. The second kappa shape index (κ2) is 13.1. The summed E-state index contributed by atoms with van der Waals surface area (Å²) < 4.78 is 4.94. The van der Waals surface area contributed by atoms with Gasteiger partial charge >= 0.3 is 5.97 Å². The molecule has 0 saturated heterocycles. The summed E-state index contributed by atoms with van der Waals surface area (Å²) in [6, 6.07) is 0. The van der Waals surface area contributed by atoms with Gasteiger partial charge in [-0.25, -0.2) is 0 Å². The van der Waals surface area contributed by atoms with E-state index in [1.54, 1.807) is 17.9 Å². The molecule has 0 heterocycles. The van der Waals surface area contributed by atoms with Crippen molar-refractivity contribution in [2.75, 3.05) is 39.3 Å². The van der Waals surface area contributed by atoms with Gasteiger partial charge in [-0.15, -0.1) is 0 Å². The van der Waals surface area contributed by atoms with Crippen LogP contribution in [0.5, 0.6) is 0 Å². The first kappa shape index (κ1) is 21.6. The van der Waals surface area contributed by atoms with Gasteiger partial charge in [0.1, 0.15) is 0 Å². The molecule has 134 valence electrons. The average Bonchev–Trinajstić information content (AvgIpc) is 2.49. The third-order valence-electron chi connectivity index (χ3n) is 3.66. The molecule has 0 aromatic carbocycles. The van der Waals surface area contributed by atoms with Gasteiger partial charge in [0.25, 0.3) is 0 Å². The van der Waals surface area contributed by atoms with Crippen LogP contribution in [-0.4, -0.2) is 61.0 Å². The zero-order chi connectivity index (χ0) is 17.7. The molecular formula is C18H34N2O3. The van der Waals surface area contributed by atoms with E-state index in [1.165, 1.54) is 0 Å². The van der Waals surface area contributed by atoms with Crippen molar-refractivity contribution >= 4 is 11.9 Å². The summed E-state index contributed by atoms with van der Waals surface area (Å²) in [5.74, 6) is -0.261. The highest BCUT2D eigenvalue weighted by Crippen LogP contribution is 2.04. The summed E-state index contributed by atoms with van der Waals surface area (Å²) >= 11 is 0. The minimum Gasteiger partial charge on any atom is -0.466 e. The van der Waals surface area contributed by atoms with E-state index < -0.39 is 0 Å². The molecule has 1 amide bonds. The number of allylic oxidation sites excluding steroid dienone is 1. The molecule has 23 heavy (non-hydrogen) atoms. The third-order valence-corrected chi connectivity index (χ3v) is 3.66. The smallest absolute Gasteiger partial charge is 0.307 e. The van der Waals surface area contributed by atoms with Gasteiger partial charge in [-0.05, 0) is 53.2 Å². The van der Waals surface area contributed by atoms with Crippen LogP contribution in [0.4, 0.5) is 0 Å². The highest BCUT2D eigenvalue weighted by atomic mass is 16.5. The van der Waals surface area contributed by atoms with Crippen LogP contribution < -0.4 is 0 Å². The van der Waals surface area contributed by atoms with Crippen molar-refractivity contribution in [3.05, 3.63) is 11.6 Å². The van der Waals surface area contributed by atoms with E-state index in [2.05, 4.69) is 18.7 Å². The molecule has 5 nitrogen and oxygen atoms in total. The van der Waals surface area contributed by atoms with Crippen LogP contribution in [0, 0.1) is 0 Å². The van der Waals surface area contributed by atoms with E-state index in [9.17, 15) is 9.59 Å². The number of rotatable bonds is 12. The van der Waals surface area contributed by atoms with Crippen LogP contribution in [-0.2, 0) is 14.3 Å². The fraction of sp³-hybridized carbons (Fsp3) is 0.778. The summed E-state index contributed by atoms with van der Waals surface area (Å²) in [4.78, 5) is 27.9. The first-order valence-electron chi connectivity index (χ1n) is 8.76. The Bertz CT molecular complexity index is 372. The number of carbonyl (C=O) groups is 2. The van der Waals surface area contributed by atoms with E-state index in [0.717, 1.165) is 38.0 Å². The third kappa shape index (κ3) is 10.9. The highest BCUT2D eigenvalue weighted by Gasteiger charge is 2.13. The van der Waals surface area contributed by atoms with Crippen LogP contribution >= 0.6 is 0 Å². The molecule has 5 heteroatoms. The lowest BCUT2D eigenvalue weighted by atomic mass is 10.2. The minimum atomic E-state index is -0.245. The Morgan fingerprint density at radius 2 is 1.57 bits per heavy atom. The maximum atomic E-state index is 12.3. The Morgan fingerprint density at radius 1 is 0.957 bits per heavy atom. The first-order valence-corrected chi connectivity index (χ1v) is 8.76. The Kier molecular flexibility index (Phi) is 12.3. The van der Waals surface area contributed by atoms with E-state index >= 15 is 0 Å². The molecule has 0 spiro atoms. The van der Waals surface area contributed by atoms with Crippen LogP contribution in [0.3, 0.4) is 0 Å². The van der Waals surface area contributed by atoms with Crippen molar-refractivity contribution in [3.63, 3.8) is 0 Å². The van der Waals surface area contributed by atoms with Crippen molar-refractivity contribution in [2.24, 2.45) is 0 Å². The summed E-state index contributed by atoms with van der Waals surface area (Å²) in [6.07, 6.45) is 3.89. The predicted octanol–water partition coefficient (Wildman–Crippen LogP) is 2.86. The number of unbranched alkanes of at least 4 members (excludes halogenated alkanes) is 1. The fourth-order valence-corrected chi connectivity index (χ4v) is 2.31. The lowest BCUT2D eigenvalue weighted by molar-refractivity contribution is -0.143. The molecule has 0 rings (SSSR count). The lowest BCUT2D eigenvalue weighted by Crippen LogP contribution is -2.33. The molecule has 0 aliphatic rings. The fourth-order valence-electron chi connectivity index (χ4n) is 2.31. The van der Waals surface area contributed by atoms with Crippen LogP contribution in [0.15, 0.2) is 11.6 Å². The molecule has 0 radical (unpaired) electrons. The number of esters is 1. The van der Waals surface area contributed by atoms with E-state index in [-0.39, 0.29) is 18.3 Å². The summed E-state index contributed by atoms with van der Waals surface area (Å²) in [7, 11) is 0. The lowest BCUT2D eigenvalue weighted by Gasteiger charge is -2.22. The molecule has 0 fully saturated rings. The van der Waals surface area contributed by atoms with Gasteiger partial charge in [0.05, 0.1) is 13.0 Å². The van der Waals surface area contributed by atoms with Crippen molar-refractivity contribution < 1.29 is 14.3 Å². The Labute approximate surface area is 141 Å². The first-order chi connectivity index (χ1) is 10.9. The van der Waals surface area contributed by atoms with Gasteiger partial charge < -0.3 is 14.5 Å². The summed E-state index contributed by atoms with van der Waals surface area (Å²) in [6.45, 7) is 14.6. The van der Waals surface area contributed by atoms with Gasteiger partial charge in [-0.1, -0.05) is 19.4 Å². The van der Waals surface area contributed by atoms with Gasteiger partial charge in [-0.3, -0.25) is 9.59 Å². The molecule has 0 aliphatic carbocycles. The van der Waals surface area contributed by atoms with Crippen molar-refractivity contribution in [1.29, 1.82) is 0 Å². The van der Waals surface area contributed by atoms with Crippen molar-refractivity contribution in [1.82, 2.24) is 9.80 Å². The summed E-state index contributed by atoms with van der Waals surface area (Å²) in [5.41, 5.74) is 0.972. The average molecular weight is 326 g/mol. The number of ether oxygens (including phenoxy) is 1. The zero-order valence-electron chi connectivity index (χ0n) is 15.6. The molecular weight excluding hydrogens is 292 g/mol. The number of carbonyl (C=O) groups excluding carboxylic acids is 2. The van der Waals surface area contributed by atoms with Crippen LogP contribution in [0.2, 0.25) is 0 Å². The van der Waals surface area contributed by atoms with E-state index in [4.69, 9.17) is 4.74 Å². The molecule has 0 atom stereocenters.